The van der Waals surface area contributed by atoms with E-state index in [0.717, 1.165) is 0 Å². The lowest BCUT2D eigenvalue weighted by Gasteiger charge is -2.06. The van der Waals surface area contributed by atoms with Crippen LogP contribution in [0.25, 0.3) is 0 Å². The van der Waals surface area contributed by atoms with E-state index in [1.54, 1.807) is 10.9 Å². The fourth-order valence-electron chi connectivity index (χ4n) is 0.866. The van der Waals surface area contributed by atoms with Gasteiger partial charge in [-0.2, -0.15) is 10.4 Å². The Labute approximate surface area is 71.1 Å². The van der Waals surface area contributed by atoms with E-state index >= 15 is 0 Å². The van der Waals surface area contributed by atoms with Crippen molar-refractivity contribution >= 4 is 0 Å². The summed E-state index contributed by atoms with van der Waals surface area (Å²) in [4.78, 5) is 0. The summed E-state index contributed by atoms with van der Waals surface area (Å²) in [6.45, 7) is 2.36. The minimum atomic E-state index is -0.378. The number of rotatable bonds is 3. The summed E-state index contributed by atoms with van der Waals surface area (Å²) in [5.74, 6) is 0. The molecule has 0 aromatic carbocycles. The van der Waals surface area contributed by atoms with Gasteiger partial charge in [-0.3, -0.25) is 4.68 Å². The van der Waals surface area contributed by atoms with E-state index in [1.165, 1.54) is 6.20 Å². The number of aromatic nitrogens is 2. The van der Waals surface area contributed by atoms with E-state index in [-0.39, 0.29) is 6.10 Å². The van der Waals surface area contributed by atoms with Gasteiger partial charge in [0.05, 0.1) is 24.4 Å². The molecule has 1 aromatic rings. The van der Waals surface area contributed by atoms with Crippen molar-refractivity contribution in [3.05, 3.63) is 18.0 Å². The third-order valence-corrected chi connectivity index (χ3v) is 1.63. The van der Waals surface area contributed by atoms with Gasteiger partial charge in [-0.15, -0.1) is 0 Å². The first-order valence-electron chi connectivity index (χ1n) is 3.87. The van der Waals surface area contributed by atoms with Crippen LogP contribution in [0.3, 0.4) is 0 Å². The van der Waals surface area contributed by atoms with Gasteiger partial charge in [0.15, 0.2) is 0 Å². The maximum Gasteiger partial charge on any atom is 0.102 e. The molecule has 4 nitrogen and oxygen atoms in total. The van der Waals surface area contributed by atoms with Crippen LogP contribution in [-0.4, -0.2) is 21.0 Å². The summed E-state index contributed by atoms with van der Waals surface area (Å²) in [5, 5.41) is 21.6. The van der Waals surface area contributed by atoms with Crippen LogP contribution >= 0.6 is 0 Å². The van der Waals surface area contributed by atoms with Crippen LogP contribution in [0.5, 0.6) is 0 Å². The molecule has 0 saturated heterocycles. The molecule has 0 bridgehead atoms. The molecule has 1 aromatic heterocycles. The van der Waals surface area contributed by atoms with Crippen molar-refractivity contribution in [1.82, 2.24) is 9.78 Å². The summed E-state index contributed by atoms with van der Waals surface area (Å²) in [7, 11) is 0. The summed E-state index contributed by atoms with van der Waals surface area (Å²) < 4.78 is 1.58. The van der Waals surface area contributed by atoms with Gasteiger partial charge in [-0.1, -0.05) is 6.92 Å². The summed E-state index contributed by atoms with van der Waals surface area (Å²) in [6, 6.07) is 1.97. The van der Waals surface area contributed by atoms with E-state index in [1.807, 2.05) is 13.0 Å². The quantitative estimate of drug-likeness (QED) is 0.710. The number of aliphatic hydroxyl groups is 1. The number of hydrogen-bond donors (Lipinski definition) is 1. The molecule has 0 aliphatic rings. The van der Waals surface area contributed by atoms with Crippen LogP contribution in [0.2, 0.25) is 0 Å². The Morgan fingerprint density at radius 1 is 1.83 bits per heavy atom. The molecule has 4 heteroatoms. The molecule has 1 heterocycles. The van der Waals surface area contributed by atoms with Gasteiger partial charge < -0.3 is 5.11 Å². The van der Waals surface area contributed by atoms with Gasteiger partial charge in [0.2, 0.25) is 0 Å². The van der Waals surface area contributed by atoms with Crippen molar-refractivity contribution in [3.63, 3.8) is 0 Å². The third-order valence-electron chi connectivity index (χ3n) is 1.63. The van der Waals surface area contributed by atoms with Gasteiger partial charge >= 0.3 is 0 Å². The second-order valence-corrected chi connectivity index (χ2v) is 2.62. The third kappa shape index (κ3) is 2.07. The Bertz CT molecular complexity index is 287. The highest BCUT2D eigenvalue weighted by atomic mass is 16.3. The molecule has 0 unspecified atom stereocenters. The first-order chi connectivity index (χ1) is 5.76. The Balaban J connectivity index is 2.59. The average Bonchev–Trinajstić information content (AvgIpc) is 2.52. The molecule has 1 atom stereocenters. The molecule has 0 aliphatic carbocycles. The van der Waals surface area contributed by atoms with Crippen LogP contribution in [0.1, 0.15) is 18.9 Å². The predicted molar refractivity (Wildman–Crippen MR) is 43.2 cm³/mol. The molecule has 0 spiro atoms. The number of nitriles is 1. The van der Waals surface area contributed by atoms with Crippen molar-refractivity contribution in [2.24, 2.45) is 0 Å². The zero-order valence-corrected chi connectivity index (χ0v) is 6.94. The second kappa shape index (κ2) is 3.88. The molecular weight excluding hydrogens is 154 g/mol. The number of nitrogens with zero attached hydrogens (tertiary/aromatic N) is 3. The van der Waals surface area contributed by atoms with E-state index in [0.29, 0.717) is 18.5 Å². The van der Waals surface area contributed by atoms with Crippen LogP contribution < -0.4 is 0 Å². The first kappa shape index (κ1) is 8.75. The van der Waals surface area contributed by atoms with Gasteiger partial charge in [-0.05, 0) is 6.42 Å². The average molecular weight is 165 g/mol. The van der Waals surface area contributed by atoms with Crippen molar-refractivity contribution in [3.8, 4) is 6.07 Å². The van der Waals surface area contributed by atoms with E-state index < -0.39 is 0 Å². The second-order valence-electron chi connectivity index (χ2n) is 2.62. The van der Waals surface area contributed by atoms with Crippen LogP contribution in [0.4, 0.5) is 0 Å². The van der Waals surface area contributed by atoms with Gasteiger partial charge in [0, 0.05) is 6.20 Å². The summed E-state index contributed by atoms with van der Waals surface area (Å²) in [5.41, 5.74) is 0.526. The summed E-state index contributed by atoms with van der Waals surface area (Å²) in [6.07, 6.45) is 3.43. The molecule has 64 valence electrons. The van der Waals surface area contributed by atoms with Crippen molar-refractivity contribution in [2.45, 2.75) is 26.0 Å². The topological polar surface area (TPSA) is 61.8 Å². The van der Waals surface area contributed by atoms with Crippen molar-refractivity contribution in [1.29, 1.82) is 5.26 Å². The number of hydrogen-bond acceptors (Lipinski definition) is 3. The smallest absolute Gasteiger partial charge is 0.102 e. The standard InChI is InChI=1S/C8H11N3O/c1-2-8(12)6-11-5-7(3-9)4-10-11/h4-5,8,12H,2,6H2,1H3/t8-/m1/s1. The number of aliphatic hydroxyl groups excluding tert-OH is 1. The van der Waals surface area contributed by atoms with Crippen LogP contribution in [-0.2, 0) is 6.54 Å². The molecule has 0 aliphatic heterocycles. The minimum absolute atomic E-state index is 0.378. The van der Waals surface area contributed by atoms with E-state index in [2.05, 4.69) is 5.10 Å². The fourth-order valence-corrected chi connectivity index (χ4v) is 0.866. The molecule has 0 amide bonds. The molecule has 12 heavy (non-hydrogen) atoms. The normalized spacial score (nSPS) is 12.4. The van der Waals surface area contributed by atoms with Gasteiger partial charge in [-0.25, -0.2) is 0 Å². The van der Waals surface area contributed by atoms with Crippen LogP contribution in [0.15, 0.2) is 12.4 Å². The molecule has 0 saturated carbocycles. The first-order valence-corrected chi connectivity index (χ1v) is 3.87. The molecule has 0 radical (unpaired) electrons. The van der Waals surface area contributed by atoms with Crippen molar-refractivity contribution < 1.29 is 5.11 Å². The SMILES string of the molecule is CC[C@@H](O)Cn1cc(C#N)cn1. The maximum atomic E-state index is 9.25. The molecule has 1 rings (SSSR count). The highest BCUT2D eigenvalue weighted by Crippen LogP contribution is 1.98. The van der Waals surface area contributed by atoms with E-state index in [9.17, 15) is 5.11 Å². The highest BCUT2D eigenvalue weighted by Gasteiger charge is 2.02. The monoisotopic (exact) mass is 165 g/mol. The lowest BCUT2D eigenvalue weighted by atomic mass is 10.3. The molecule has 0 fully saturated rings. The highest BCUT2D eigenvalue weighted by molar-refractivity contribution is 5.21. The zero-order chi connectivity index (χ0) is 8.97. The van der Waals surface area contributed by atoms with Gasteiger partial charge in [0.1, 0.15) is 6.07 Å². The maximum absolute atomic E-state index is 9.25. The van der Waals surface area contributed by atoms with Crippen molar-refractivity contribution in [2.75, 3.05) is 0 Å². The van der Waals surface area contributed by atoms with Gasteiger partial charge in [0.25, 0.3) is 0 Å². The lowest BCUT2D eigenvalue weighted by Crippen LogP contribution is -2.14. The largest absolute Gasteiger partial charge is 0.391 e. The fraction of sp³-hybridized carbons (Fsp3) is 0.500. The Morgan fingerprint density at radius 2 is 2.58 bits per heavy atom. The predicted octanol–water partition coefficient (Wildman–Crippen LogP) is 0.526. The lowest BCUT2D eigenvalue weighted by molar-refractivity contribution is 0.145. The van der Waals surface area contributed by atoms with Crippen LogP contribution in [0, 0.1) is 11.3 Å². The van der Waals surface area contributed by atoms with E-state index in [4.69, 9.17) is 5.26 Å². The Kier molecular flexibility index (Phi) is 2.83. The molecule has 1 N–H and O–H groups in total. The minimum Gasteiger partial charge on any atom is -0.391 e. The summed E-state index contributed by atoms with van der Waals surface area (Å²) >= 11 is 0. The Hall–Kier alpha value is -1.34. The zero-order valence-electron chi connectivity index (χ0n) is 6.94. The molecular formula is C8H11N3O. The Morgan fingerprint density at radius 3 is 3.08 bits per heavy atom.